The average molecular weight is 389 g/mol. The zero-order valence-corrected chi connectivity index (χ0v) is 15.9. The molecule has 0 bridgehead atoms. The number of nitrogens with one attached hydrogen (secondary N) is 3. The summed E-state index contributed by atoms with van der Waals surface area (Å²) in [5.74, 6) is -0.193. The fourth-order valence-electron chi connectivity index (χ4n) is 2.47. The van der Waals surface area contributed by atoms with Gasteiger partial charge in [-0.25, -0.2) is 9.97 Å². The maximum absolute atomic E-state index is 12.3. The number of nitrogens with zero attached hydrogens (tertiary/aromatic N) is 2. The van der Waals surface area contributed by atoms with Gasteiger partial charge >= 0.3 is 0 Å². The number of carbonyl (C=O) groups is 3. The van der Waals surface area contributed by atoms with Gasteiger partial charge in [0.05, 0.1) is 5.56 Å². The molecule has 29 heavy (non-hydrogen) atoms. The van der Waals surface area contributed by atoms with Crippen molar-refractivity contribution in [2.45, 2.75) is 13.8 Å². The number of rotatable bonds is 6. The van der Waals surface area contributed by atoms with Crippen LogP contribution in [-0.2, 0) is 4.79 Å². The Morgan fingerprint density at radius 2 is 1.21 bits per heavy atom. The molecule has 1 heterocycles. The highest BCUT2D eigenvalue weighted by molar-refractivity contribution is 6.04. The van der Waals surface area contributed by atoms with Gasteiger partial charge in [0.15, 0.2) is 5.78 Å². The molecule has 3 aromatic rings. The lowest BCUT2D eigenvalue weighted by Gasteiger charge is -2.08. The number of aromatic nitrogens is 2. The summed E-state index contributed by atoms with van der Waals surface area (Å²) in [6.45, 7) is 2.93. The van der Waals surface area contributed by atoms with Crippen molar-refractivity contribution in [1.82, 2.24) is 9.97 Å². The van der Waals surface area contributed by atoms with E-state index >= 15 is 0 Å². The Labute approximate surface area is 167 Å². The fourth-order valence-corrected chi connectivity index (χ4v) is 2.47. The largest absolute Gasteiger partial charge is 0.326 e. The van der Waals surface area contributed by atoms with E-state index in [0.29, 0.717) is 28.5 Å². The van der Waals surface area contributed by atoms with Gasteiger partial charge in [0.2, 0.25) is 11.9 Å². The molecule has 0 aliphatic carbocycles. The average Bonchev–Trinajstić information content (AvgIpc) is 2.70. The van der Waals surface area contributed by atoms with Crippen molar-refractivity contribution in [2.75, 3.05) is 16.0 Å². The number of Topliss-reactive ketones (excluding diaryl/α,β-unsaturated/α-hetero) is 1. The number of carbonyl (C=O) groups excluding carboxylic acids is 3. The van der Waals surface area contributed by atoms with Gasteiger partial charge in [-0.15, -0.1) is 0 Å². The molecule has 0 atom stereocenters. The Kier molecular flexibility index (Phi) is 5.94. The van der Waals surface area contributed by atoms with Gasteiger partial charge in [-0.1, -0.05) is 0 Å². The summed E-state index contributed by atoms with van der Waals surface area (Å²) in [7, 11) is 0. The Hall–Kier alpha value is -4.07. The lowest BCUT2D eigenvalue weighted by molar-refractivity contribution is -0.114. The summed E-state index contributed by atoms with van der Waals surface area (Å²) in [5.41, 5.74) is 2.87. The van der Waals surface area contributed by atoms with Gasteiger partial charge in [-0.05, 0) is 55.5 Å². The van der Waals surface area contributed by atoms with Crippen LogP contribution >= 0.6 is 0 Å². The first-order valence-electron chi connectivity index (χ1n) is 8.80. The van der Waals surface area contributed by atoms with E-state index < -0.39 is 0 Å². The van der Waals surface area contributed by atoms with E-state index in [-0.39, 0.29) is 17.6 Å². The summed E-state index contributed by atoms with van der Waals surface area (Å²) < 4.78 is 0. The molecule has 0 unspecified atom stereocenters. The number of benzene rings is 2. The molecule has 3 rings (SSSR count). The van der Waals surface area contributed by atoms with Crippen molar-refractivity contribution >= 4 is 40.6 Å². The maximum atomic E-state index is 12.3. The minimum atomic E-state index is -0.352. The molecule has 0 radical (unpaired) electrons. The van der Waals surface area contributed by atoms with Crippen molar-refractivity contribution < 1.29 is 14.4 Å². The second-order valence-electron chi connectivity index (χ2n) is 6.27. The van der Waals surface area contributed by atoms with Crippen LogP contribution in [0.2, 0.25) is 0 Å². The monoisotopic (exact) mass is 389 g/mol. The number of hydrogen-bond donors (Lipinski definition) is 3. The van der Waals surface area contributed by atoms with E-state index in [1.54, 1.807) is 48.5 Å². The van der Waals surface area contributed by atoms with Crippen LogP contribution in [0.25, 0.3) is 0 Å². The van der Waals surface area contributed by atoms with Crippen molar-refractivity contribution in [2.24, 2.45) is 0 Å². The molecule has 0 fully saturated rings. The quantitative estimate of drug-likeness (QED) is 0.555. The predicted molar refractivity (Wildman–Crippen MR) is 110 cm³/mol. The van der Waals surface area contributed by atoms with Crippen molar-refractivity contribution in [3.63, 3.8) is 0 Å². The highest BCUT2D eigenvalue weighted by Gasteiger charge is 2.08. The number of anilines is 4. The molecule has 0 spiro atoms. The molecular weight excluding hydrogens is 370 g/mol. The standard InChI is InChI=1S/C21H19N5O3/c1-13(27)15-3-5-19(6-4-15)26-21-22-11-16(12-23-21)20(29)25-18-9-7-17(8-10-18)24-14(2)28/h3-12H,1-2H3,(H,24,28)(H,25,29)(H,22,23,26). The first kappa shape index (κ1) is 19.7. The number of amides is 2. The lowest BCUT2D eigenvalue weighted by atomic mass is 10.1. The van der Waals surface area contributed by atoms with Crippen LogP contribution < -0.4 is 16.0 Å². The minimum Gasteiger partial charge on any atom is -0.326 e. The Balaban J connectivity index is 1.61. The van der Waals surface area contributed by atoms with Gasteiger partial charge in [0.1, 0.15) is 0 Å². The summed E-state index contributed by atoms with van der Waals surface area (Å²) in [4.78, 5) is 43.0. The van der Waals surface area contributed by atoms with Gasteiger partial charge in [-0.2, -0.15) is 0 Å². The van der Waals surface area contributed by atoms with Crippen LogP contribution in [0.15, 0.2) is 60.9 Å². The molecule has 0 saturated carbocycles. The smallest absolute Gasteiger partial charge is 0.258 e. The molecule has 146 valence electrons. The number of ketones is 1. The summed E-state index contributed by atoms with van der Waals surface area (Å²) >= 11 is 0. The molecule has 0 aliphatic heterocycles. The normalized spacial score (nSPS) is 10.1. The third-order valence-corrected chi connectivity index (χ3v) is 3.92. The topological polar surface area (TPSA) is 113 Å². The zero-order chi connectivity index (χ0) is 20.8. The summed E-state index contributed by atoms with van der Waals surface area (Å²) in [5, 5.41) is 8.41. The fraction of sp³-hybridized carbons (Fsp3) is 0.0952. The van der Waals surface area contributed by atoms with E-state index in [2.05, 4.69) is 25.9 Å². The van der Waals surface area contributed by atoms with Gasteiger partial charge in [-0.3, -0.25) is 14.4 Å². The Morgan fingerprint density at radius 3 is 1.72 bits per heavy atom. The molecule has 3 N–H and O–H groups in total. The molecule has 2 amide bonds. The van der Waals surface area contributed by atoms with E-state index in [1.807, 2.05) is 0 Å². The molecule has 1 aromatic heterocycles. The lowest BCUT2D eigenvalue weighted by Crippen LogP contribution is -2.13. The molecule has 8 nitrogen and oxygen atoms in total. The maximum Gasteiger partial charge on any atom is 0.258 e. The first-order valence-corrected chi connectivity index (χ1v) is 8.80. The highest BCUT2D eigenvalue weighted by Crippen LogP contribution is 2.16. The van der Waals surface area contributed by atoms with Crippen molar-refractivity contribution in [3.05, 3.63) is 72.1 Å². The van der Waals surface area contributed by atoms with Gasteiger partial charge in [0.25, 0.3) is 5.91 Å². The second-order valence-corrected chi connectivity index (χ2v) is 6.27. The van der Waals surface area contributed by atoms with Crippen LogP contribution in [0, 0.1) is 0 Å². The van der Waals surface area contributed by atoms with Crippen LogP contribution in [0.5, 0.6) is 0 Å². The molecular formula is C21H19N5O3. The first-order chi connectivity index (χ1) is 13.9. The van der Waals surface area contributed by atoms with Crippen LogP contribution in [0.3, 0.4) is 0 Å². The van der Waals surface area contributed by atoms with Gasteiger partial charge in [0, 0.05) is 41.9 Å². The molecule has 8 heteroatoms. The van der Waals surface area contributed by atoms with Crippen molar-refractivity contribution in [3.8, 4) is 0 Å². The highest BCUT2D eigenvalue weighted by atomic mass is 16.2. The van der Waals surface area contributed by atoms with Crippen LogP contribution in [-0.4, -0.2) is 27.6 Å². The van der Waals surface area contributed by atoms with Crippen molar-refractivity contribution in [1.29, 1.82) is 0 Å². The number of hydrogen-bond acceptors (Lipinski definition) is 6. The Morgan fingerprint density at radius 1 is 0.690 bits per heavy atom. The Bertz CT molecular complexity index is 1030. The third-order valence-electron chi connectivity index (χ3n) is 3.92. The van der Waals surface area contributed by atoms with Crippen LogP contribution in [0.1, 0.15) is 34.6 Å². The van der Waals surface area contributed by atoms with E-state index in [0.717, 1.165) is 5.69 Å². The van der Waals surface area contributed by atoms with Crippen LogP contribution in [0.4, 0.5) is 23.0 Å². The predicted octanol–water partition coefficient (Wildman–Crippen LogP) is 3.63. The molecule has 0 aliphatic rings. The SMILES string of the molecule is CC(=O)Nc1ccc(NC(=O)c2cnc(Nc3ccc(C(C)=O)cc3)nc2)cc1. The summed E-state index contributed by atoms with van der Waals surface area (Å²) in [6, 6.07) is 13.7. The molecule has 2 aromatic carbocycles. The minimum absolute atomic E-state index is 0.00656. The van der Waals surface area contributed by atoms with Gasteiger partial charge < -0.3 is 16.0 Å². The van der Waals surface area contributed by atoms with E-state index in [4.69, 9.17) is 0 Å². The third kappa shape index (κ3) is 5.46. The van der Waals surface area contributed by atoms with E-state index in [9.17, 15) is 14.4 Å². The molecule has 0 saturated heterocycles. The zero-order valence-electron chi connectivity index (χ0n) is 15.9. The second kappa shape index (κ2) is 8.75. The summed E-state index contributed by atoms with van der Waals surface area (Å²) in [6.07, 6.45) is 2.83. The van der Waals surface area contributed by atoms with E-state index in [1.165, 1.54) is 26.2 Å².